The van der Waals surface area contributed by atoms with E-state index in [1.54, 1.807) is 20.2 Å². The third kappa shape index (κ3) is 18.8. The molecule has 0 saturated carbocycles. The lowest BCUT2D eigenvalue weighted by atomic mass is 10.2. The molecule has 1 rings (SSSR count). The average molecular weight is 431 g/mol. The molecular weight excluding hydrogens is 404 g/mol. The maximum atomic E-state index is 11.4. The van der Waals surface area contributed by atoms with Crippen molar-refractivity contribution in [1.82, 2.24) is 9.38 Å². The predicted octanol–water partition coefficient (Wildman–Crippen LogP) is 0.541. The summed E-state index contributed by atoms with van der Waals surface area (Å²) in [6.45, 7) is 0. The van der Waals surface area contributed by atoms with Crippen LogP contribution >= 0.6 is 0 Å². The molecule has 0 aliphatic heterocycles. The van der Waals surface area contributed by atoms with Gasteiger partial charge >= 0.3 is 16.5 Å². The van der Waals surface area contributed by atoms with E-state index in [4.69, 9.17) is 22.3 Å². The molecule has 0 fully saturated rings. The first-order valence-electron chi connectivity index (χ1n) is 7.12. The van der Waals surface area contributed by atoms with Crippen LogP contribution in [-0.2, 0) is 24.7 Å². The number of carbonyl (C=O) groups is 1. The maximum Gasteiger partial charge on any atom is 0.414 e. The maximum absolute atomic E-state index is 11.4. The second-order valence-electron chi connectivity index (χ2n) is 6.07. The molecule has 0 radical (unpaired) electrons. The number of amides is 1. The molecular formula is C14H26N2O9S2. The predicted molar refractivity (Wildman–Crippen MR) is 99.9 cm³/mol. The van der Waals surface area contributed by atoms with Crippen LogP contribution < -0.4 is 9.22 Å². The molecule has 0 atom stereocenters. The van der Waals surface area contributed by atoms with E-state index in [9.17, 15) is 13.2 Å². The monoisotopic (exact) mass is 430 g/mol. The number of nitrogens with zero attached hydrogens (tertiary/aromatic N) is 2. The molecule has 0 aliphatic rings. The first-order chi connectivity index (χ1) is 11.9. The van der Waals surface area contributed by atoms with E-state index in [1.165, 1.54) is 4.90 Å². The Morgan fingerprint density at radius 1 is 1.15 bits per heavy atom. The van der Waals surface area contributed by atoms with Crippen LogP contribution in [0.15, 0.2) is 24.3 Å². The smallest absolute Gasteiger partial charge is 0.414 e. The number of rotatable bonds is 3. The second kappa shape index (κ2) is 11.2. The molecule has 13 heteroatoms. The van der Waals surface area contributed by atoms with Crippen molar-refractivity contribution in [2.45, 2.75) is 0 Å². The molecule has 1 N–H and O–H groups in total. The number of ether oxygens (including phenoxy) is 1. The molecule has 0 bridgehead atoms. The molecule has 0 spiro atoms. The number of benzene rings is 1. The average Bonchev–Trinajstić information content (AvgIpc) is 2.44. The number of hydrogen-bond acceptors (Lipinski definition) is 8. The molecule has 1 aromatic carbocycles. The quantitative estimate of drug-likeness (QED) is 0.535. The molecule has 1 aromatic rings. The summed E-state index contributed by atoms with van der Waals surface area (Å²) < 4.78 is 62.8. The van der Waals surface area contributed by atoms with Crippen molar-refractivity contribution in [2.75, 3.05) is 48.6 Å². The second-order valence-corrected chi connectivity index (χ2v) is 8.67. The van der Waals surface area contributed by atoms with Crippen molar-refractivity contribution >= 4 is 32.3 Å². The van der Waals surface area contributed by atoms with Crippen LogP contribution in [0.2, 0.25) is 0 Å². The van der Waals surface area contributed by atoms with Gasteiger partial charge in [-0.2, -0.15) is 8.42 Å². The van der Waals surface area contributed by atoms with Crippen molar-refractivity contribution in [2.24, 2.45) is 0 Å². The zero-order chi connectivity index (χ0) is 22.1. The Labute approximate surface area is 160 Å². The first-order valence-corrected chi connectivity index (χ1v) is 10.3. The molecule has 158 valence electrons. The van der Waals surface area contributed by atoms with Crippen molar-refractivity contribution in [3.63, 3.8) is 0 Å². The van der Waals surface area contributed by atoms with Crippen LogP contribution in [0.3, 0.4) is 0 Å². The summed E-state index contributed by atoms with van der Waals surface area (Å²) >= 11 is 0. The Morgan fingerprint density at radius 3 is 1.85 bits per heavy atom. The minimum absolute atomic E-state index is 0.362. The molecule has 0 saturated heterocycles. The molecule has 0 heterocycles. The summed E-state index contributed by atoms with van der Waals surface area (Å²) in [5.41, 5.74) is 1.09. The Balaban J connectivity index is 0. The van der Waals surface area contributed by atoms with Crippen LogP contribution in [-0.4, -0.2) is 85.5 Å². The lowest BCUT2D eigenvalue weighted by Crippen LogP contribution is -2.34. The van der Waals surface area contributed by atoms with Gasteiger partial charge in [0.1, 0.15) is 11.4 Å². The largest absolute Gasteiger partial charge is 0.748 e. The van der Waals surface area contributed by atoms with E-state index in [0.717, 1.165) is 12.8 Å². The van der Waals surface area contributed by atoms with Gasteiger partial charge in [-0.25, -0.2) is 13.2 Å². The zero-order valence-corrected chi connectivity index (χ0v) is 17.9. The van der Waals surface area contributed by atoms with Gasteiger partial charge in [-0.05, 0) is 12.1 Å². The highest BCUT2D eigenvalue weighted by Crippen LogP contribution is 2.23. The highest BCUT2D eigenvalue weighted by molar-refractivity contribution is 7.84. The third-order valence-electron chi connectivity index (χ3n) is 2.37. The molecule has 11 nitrogen and oxygen atoms in total. The van der Waals surface area contributed by atoms with E-state index in [1.807, 2.05) is 18.2 Å². The minimum Gasteiger partial charge on any atom is -0.748 e. The Kier molecular flexibility index (Phi) is 11.3. The number of carbonyl (C=O) groups excluding carboxylic acids is 1. The summed E-state index contributed by atoms with van der Waals surface area (Å²) in [5, 5.41) is 0. The highest BCUT2D eigenvalue weighted by atomic mass is 32.3. The summed E-state index contributed by atoms with van der Waals surface area (Å²) in [4.78, 5) is 12.8. The van der Waals surface area contributed by atoms with Crippen molar-refractivity contribution in [1.29, 1.82) is 0 Å². The van der Waals surface area contributed by atoms with Crippen LogP contribution in [0.1, 0.15) is 0 Å². The molecule has 1 amide bonds. The van der Waals surface area contributed by atoms with Gasteiger partial charge < -0.3 is 14.2 Å². The van der Waals surface area contributed by atoms with Crippen LogP contribution in [0.4, 0.5) is 10.5 Å². The van der Waals surface area contributed by atoms with Gasteiger partial charge in [0.15, 0.2) is 0 Å². The van der Waals surface area contributed by atoms with Gasteiger partial charge in [0.2, 0.25) is 0 Å². The molecule has 0 aromatic heterocycles. The summed E-state index contributed by atoms with van der Waals surface area (Å²) in [5.74, 6) is 0.573. The van der Waals surface area contributed by atoms with Crippen LogP contribution in [0, 0.1) is 0 Å². The lowest BCUT2D eigenvalue weighted by Gasteiger charge is -2.23. The third-order valence-corrected chi connectivity index (χ3v) is 2.79. The van der Waals surface area contributed by atoms with Gasteiger partial charge in [-0.3, -0.25) is 13.2 Å². The fraction of sp³-hybridized carbons (Fsp3) is 0.500. The Bertz CT molecular complexity index is 790. The fourth-order valence-electron chi connectivity index (χ4n) is 1.16. The van der Waals surface area contributed by atoms with Gasteiger partial charge in [-0.1, -0.05) is 6.07 Å². The number of hydrogen-bond donors (Lipinski definition) is 1. The summed E-state index contributed by atoms with van der Waals surface area (Å²) in [6.07, 6.45) is 0.242. The van der Waals surface area contributed by atoms with Crippen molar-refractivity contribution in [3.8, 4) is 5.75 Å². The van der Waals surface area contributed by atoms with E-state index >= 15 is 0 Å². The molecule has 0 aliphatic carbocycles. The highest BCUT2D eigenvalue weighted by Gasteiger charge is 2.14. The van der Waals surface area contributed by atoms with Gasteiger partial charge in [0.25, 0.3) is 0 Å². The SMILES string of the molecule is CN(C)C(=O)Oc1cccc([N+](C)(C)C)c1.COS(=O)(=O)O.CS(=O)(=O)[O-]. The first kappa shape index (κ1) is 27.4. The Morgan fingerprint density at radius 2 is 1.56 bits per heavy atom. The summed E-state index contributed by atoms with van der Waals surface area (Å²) in [7, 11) is 2.30. The van der Waals surface area contributed by atoms with E-state index in [0.29, 0.717) is 16.5 Å². The Hall–Kier alpha value is -1.77. The van der Waals surface area contributed by atoms with Gasteiger partial charge in [0.05, 0.1) is 38.4 Å². The number of quaternary nitrogens is 1. The minimum atomic E-state index is -4.16. The standard InChI is InChI=1S/C12H19N2O2.CH4O4S.CH4O3S/c1-13(2)12(15)16-11-8-6-7-10(9-11)14(3,4)5;1-5-6(2,3)4;1-5(2,3)4/h6-9H,1-5H3;1H3,(H,2,3,4);1H3,(H,2,3,4)/q+1;;/p-1. The molecule has 0 unspecified atom stereocenters. The van der Waals surface area contributed by atoms with Gasteiger partial charge in [0, 0.05) is 26.4 Å². The van der Waals surface area contributed by atoms with Crippen molar-refractivity contribution < 1.29 is 39.7 Å². The van der Waals surface area contributed by atoms with Gasteiger partial charge in [-0.15, -0.1) is 0 Å². The van der Waals surface area contributed by atoms with Crippen LogP contribution in [0.5, 0.6) is 5.75 Å². The summed E-state index contributed by atoms with van der Waals surface area (Å²) in [6, 6.07) is 7.55. The van der Waals surface area contributed by atoms with Crippen LogP contribution in [0.25, 0.3) is 0 Å². The van der Waals surface area contributed by atoms with E-state index in [-0.39, 0.29) is 6.09 Å². The molecule has 27 heavy (non-hydrogen) atoms. The zero-order valence-electron chi connectivity index (χ0n) is 16.2. The normalized spacial score (nSPS) is 11.3. The van der Waals surface area contributed by atoms with E-state index < -0.39 is 20.5 Å². The van der Waals surface area contributed by atoms with E-state index in [2.05, 4.69) is 25.3 Å². The topological polar surface area (TPSA) is 150 Å². The lowest BCUT2D eigenvalue weighted by molar-refractivity contribution is 0.172. The fourth-order valence-corrected chi connectivity index (χ4v) is 1.16. The van der Waals surface area contributed by atoms with Crippen molar-refractivity contribution in [3.05, 3.63) is 24.3 Å².